The molecule has 0 aromatic heterocycles. The lowest BCUT2D eigenvalue weighted by molar-refractivity contribution is -0.116. The lowest BCUT2D eigenvalue weighted by Crippen LogP contribution is -2.27. The Kier molecular flexibility index (Phi) is 5.88. The molecule has 4 rings (SSSR count). The van der Waals surface area contributed by atoms with Gasteiger partial charge in [-0.3, -0.25) is 4.79 Å². The van der Waals surface area contributed by atoms with Gasteiger partial charge in [-0.15, -0.1) is 0 Å². The average Bonchev–Trinajstić information content (AvgIpc) is 2.78. The van der Waals surface area contributed by atoms with Gasteiger partial charge in [0, 0.05) is 23.4 Å². The predicted octanol–water partition coefficient (Wildman–Crippen LogP) is 4.74. The van der Waals surface area contributed by atoms with Gasteiger partial charge >= 0.3 is 0 Å². The largest absolute Gasteiger partial charge is 0.493 e. The van der Waals surface area contributed by atoms with E-state index in [2.05, 4.69) is 6.07 Å². The van der Waals surface area contributed by atoms with Crippen molar-refractivity contribution in [1.29, 1.82) is 5.26 Å². The van der Waals surface area contributed by atoms with E-state index in [1.165, 1.54) is 0 Å². The number of hydrogen-bond donors (Lipinski definition) is 1. The van der Waals surface area contributed by atoms with Gasteiger partial charge < -0.3 is 19.9 Å². The van der Waals surface area contributed by atoms with Crippen molar-refractivity contribution in [2.45, 2.75) is 31.8 Å². The number of rotatable bonds is 5. The highest BCUT2D eigenvalue weighted by atomic mass is 35.5. The Morgan fingerprint density at radius 3 is 2.68 bits per heavy atom. The van der Waals surface area contributed by atoms with Crippen LogP contribution in [-0.2, 0) is 16.1 Å². The standard InChI is InChI=1S/C24H21ClN2O4/c1-29-21-11-15(7-10-19(21)30-13-14-5-8-16(25)9-6-14)22-17(12-26)24(27)31-20-4-2-3-18(28)23(20)22/h5-11,22H,2-4,13,27H2,1H3. The van der Waals surface area contributed by atoms with E-state index in [4.69, 9.17) is 31.5 Å². The topological polar surface area (TPSA) is 94.6 Å². The molecule has 0 amide bonds. The first-order valence-electron chi connectivity index (χ1n) is 9.90. The van der Waals surface area contributed by atoms with Crippen molar-refractivity contribution in [2.24, 2.45) is 5.73 Å². The van der Waals surface area contributed by atoms with Crippen LogP contribution < -0.4 is 15.2 Å². The third-order valence-electron chi connectivity index (χ3n) is 5.43. The molecule has 1 heterocycles. The Morgan fingerprint density at radius 1 is 1.19 bits per heavy atom. The molecular weight excluding hydrogens is 416 g/mol. The molecule has 0 saturated carbocycles. The average molecular weight is 437 g/mol. The number of carbonyl (C=O) groups is 1. The number of benzene rings is 2. The molecule has 2 aromatic carbocycles. The summed E-state index contributed by atoms with van der Waals surface area (Å²) in [4.78, 5) is 12.7. The number of ketones is 1. The predicted molar refractivity (Wildman–Crippen MR) is 115 cm³/mol. The lowest BCUT2D eigenvalue weighted by Gasteiger charge is -2.31. The Morgan fingerprint density at radius 2 is 1.97 bits per heavy atom. The van der Waals surface area contributed by atoms with Crippen LogP contribution in [-0.4, -0.2) is 12.9 Å². The monoisotopic (exact) mass is 436 g/mol. The van der Waals surface area contributed by atoms with Gasteiger partial charge in [-0.2, -0.15) is 5.26 Å². The number of carbonyl (C=O) groups excluding carboxylic acids is 1. The molecule has 1 aliphatic carbocycles. The number of Topliss-reactive ketones (excluding diaryl/α,β-unsaturated/α-hetero) is 1. The second-order valence-corrected chi connectivity index (χ2v) is 7.80. The molecule has 0 spiro atoms. The van der Waals surface area contributed by atoms with Crippen molar-refractivity contribution in [1.82, 2.24) is 0 Å². The second kappa shape index (κ2) is 8.75. The first-order chi connectivity index (χ1) is 15.0. The van der Waals surface area contributed by atoms with E-state index in [9.17, 15) is 10.1 Å². The van der Waals surface area contributed by atoms with Gasteiger partial charge in [0.1, 0.15) is 24.0 Å². The molecule has 1 aliphatic heterocycles. The molecule has 6 nitrogen and oxygen atoms in total. The number of nitriles is 1. The summed E-state index contributed by atoms with van der Waals surface area (Å²) in [6.07, 6.45) is 1.76. The zero-order valence-corrected chi connectivity index (χ0v) is 17.7. The number of halogens is 1. The minimum Gasteiger partial charge on any atom is -0.493 e. The molecule has 2 N–H and O–H groups in total. The summed E-state index contributed by atoms with van der Waals surface area (Å²) in [5.41, 5.74) is 8.44. The third kappa shape index (κ3) is 4.10. The molecule has 0 fully saturated rings. The van der Waals surface area contributed by atoms with Crippen LogP contribution in [0.1, 0.15) is 36.3 Å². The van der Waals surface area contributed by atoms with E-state index < -0.39 is 5.92 Å². The van der Waals surface area contributed by atoms with Gasteiger partial charge in [0.2, 0.25) is 5.88 Å². The van der Waals surface area contributed by atoms with Crippen LogP contribution in [0.25, 0.3) is 0 Å². The molecule has 2 aromatic rings. The van der Waals surface area contributed by atoms with Crippen LogP contribution in [0.2, 0.25) is 5.02 Å². The molecule has 2 aliphatic rings. The zero-order chi connectivity index (χ0) is 22.0. The summed E-state index contributed by atoms with van der Waals surface area (Å²) < 4.78 is 17.1. The number of ether oxygens (including phenoxy) is 3. The van der Waals surface area contributed by atoms with Crippen LogP contribution in [0.5, 0.6) is 11.5 Å². The molecule has 0 bridgehead atoms. The van der Waals surface area contributed by atoms with Crippen LogP contribution >= 0.6 is 11.6 Å². The molecule has 0 radical (unpaired) electrons. The van der Waals surface area contributed by atoms with Gasteiger partial charge in [-0.25, -0.2) is 0 Å². The quantitative estimate of drug-likeness (QED) is 0.727. The van der Waals surface area contributed by atoms with Crippen molar-refractivity contribution in [3.8, 4) is 17.6 Å². The molecule has 1 atom stereocenters. The van der Waals surface area contributed by atoms with Gasteiger partial charge in [-0.05, 0) is 41.8 Å². The van der Waals surface area contributed by atoms with Crippen LogP contribution in [0.4, 0.5) is 0 Å². The van der Waals surface area contributed by atoms with E-state index >= 15 is 0 Å². The fourth-order valence-electron chi connectivity index (χ4n) is 3.91. The summed E-state index contributed by atoms with van der Waals surface area (Å²) in [5, 5.41) is 10.4. The van der Waals surface area contributed by atoms with E-state index in [1.54, 1.807) is 31.4 Å². The Balaban J connectivity index is 1.67. The summed E-state index contributed by atoms with van der Waals surface area (Å²) in [5.74, 6) is 1.05. The van der Waals surface area contributed by atoms with Crippen LogP contribution in [0, 0.1) is 11.3 Å². The van der Waals surface area contributed by atoms with Gasteiger partial charge in [0.15, 0.2) is 17.3 Å². The highest BCUT2D eigenvalue weighted by molar-refractivity contribution is 6.30. The number of nitrogens with two attached hydrogens (primary N) is 1. The Bertz CT molecular complexity index is 1130. The maximum Gasteiger partial charge on any atom is 0.205 e. The third-order valence-corrected chi connectivity index (χ3v) is 5.69. The second-order valence-electron chi connectivity index (χ2n) is 7.36. The molecule has 7 heteroatoms. The van der Waals surface area contributed by atoms with Crippen molar-refractivity contribution in [3.63, 3.8) is 0 Å². The molecule has 158 valence electrons. The van der Waals surface area contributed by atoms with Gasteiger partial charge in [0.25, 0.3) is 0 Å². The number of hydrogen-bond acceptors (Lipinski definition) is 6. The van der Waals surface area contributed by atoms with Gasteiger partial charge in [-0.1, -0.05) is 29.8 Å². The summed E-state index contributed by atoms with van der Waals surface area (Å²) in [6, 6.07) is 14.9. The molecule has 0 saturated heterocycles. The fourth-order valence-corrected chi connectivity index (χ4v) is 4.04. The van der Waals surface area contributed by atoms with Crippen LogP contribution in [0.3, 0.4) is 0 Å². The highest BCUT2D eigenvalue weighted by Crippen LogP contribution is 2.45. The maximum absolute atomic E-state index is 12.7. The zero-order valence-electron chi connectivity index (χ0n) is 17.0. The van der Waals surface area contributed by atoms with Crippen molar-refractivity contribution < 1.29 is 19.0 Å². The number of methoxy groups -OCH3 is 1. The molecule has 31 heavy (non-hydrogen) atoms. The SMILES string of the molecule is COc1cc(C2C(C#N)=C(N)OC3=C2C(=O)CCC3)ccc1OCc1ccc(Cl)cc1. The number of allylic oxidation sites excluding steroid dienone is 3. The van der Waals surface area contributed by atoms with E-state index in [0.29, 0.717) is 53.7 Å². The summed E-state index contributed by atoms with van der Waals surface area (Å²) >= 11 is 5.93. The first kappa shape index (κ1) is 20.8. The number of nitrogens with zero attached hydrogens (tertiary/aromatic N) is 1. The first-order valence-corrected chi connectivity index (χ1v) is 10.3. The van der Waals surface area contributed by atoms with Crippen molar-refractivity contribution in [3.05, 3.63) is 81.4 Å². The smallest absolute Gasteiger partial charge is 0.205 e. The Hall–Kier alpha value is -3.43. The van der Waals surface area contributed by atoms with E-state index in [-0.39, 0.29) is 17.2 Å². The fraction of sp³-hybridized carbons (Fsp3) is 0.250. The van der Waals surface area contributed by atoms with Crippen molar-refractivity contribution in [2.75, 3.05) is 7.11 Å². The highest BCUT2D eigenvalue weighted by Gasteiger charge is 2.38. The van der Waals surface area contributed by atoms with Crippen LogP contribution in [0.15, 0.2) is 65.3 Å². The van der Waals surface area contributed by atoms with E-state index in [1.807, 2.05) is 18.2 Å². The summed E-state index contributed by atoms with van der Waals surface area (Å²) in [7, 11) is 1.55. The maximum atomic E-state index is 12.7. The minimum absolute atomic E-state index is 0.0199. The lowest BCUT2D eigenvalue weighted by atomic mass is 9.77. The summed E-state index contributed by atoms with van der Waals surface area (Å²) in [6.45, 7) is 0.341. The normalized spacial score (nSPS) is 18.2. The Labute approximate surface area is 185 Å². The van der Waals surface area contributed by atoms with E-state index in [0.717, 1.165) is 11.1 Å². The van der Waals surface area contributed by atoms with Crippen molar-refractivity contribution >= 4 is 17.4 Å². The minimum atomic E-state index is -0.583. The van der Waals surface area contributed by atoms with Gasteiger partial charge in [0.05, 0.1) is 13.0 Å². The molecule has 1 unspecified atom stereocenters. The molecular formula is C24H21ClN2O4.